The number of hydrogen-bond donors (Lipinski definition) is 0. The van der Waals surface area contributed by atoms with Crippen LogP contribution in [0.2, 0.25) is 0 Å². The first-order valence-corrected chi connectivity index (χ1v) is 5.21. The zero-order chi connectivity index (χ0) is 11.0. The SMILES string of the molecule is CCC/C(Cl)=N/OC(=O)N(CC)CC.[Ca+2].[Cl-].[Cl-]. The van der Waals surface area contributed by atoms with E-state index in [1.807, 2.05) is 20.8 Å². The van der Waals surface area contributed by atoms with Crippen molar-refractivity contribution in [3.05, 3.63) is 0 Å². The van der Waals surface area contributed by atoms with Gasteiger partial charge in [0.1, 0.15) is 5.17 Å². The Morgan fingerprint density at radius 2 is 1.71 bits per heavy atom. The number of carbonyl (C=O) groups excluding carboxylic acids is 1. The van der Waals surface area contributed by atoms with Crippen molar-refractivity contribution < 1.29 is 34.4 Å². The zero-order valence-corrected chi connectivity index (χ0v) is 14.9. The van der Waals surface area contributed by atoms with Crippen LogP contribution in [-0.2, 0) is 4.84 Å². The number of rotatable bonds is 5. The molecule has 0 saturated carbocycles. The van der Waals surface area contributed by atoms with Crippen LogP contribution in [0.4, 0.5) is 4.79 Å². The van der Waals surface area contributed by atoms with Crippen LogP contribution >= 0.6 is 11.6 Å². The Morgan fingerprint density at radius 1 is 1.24 bits per heavy atom. The van der Waals surface area contributed by atoms with E-state index in [0.717, 1.165) is 6.42 Å². The first-order valence-electron chi connectivity index (χ1n) is 4.83. The molecule has 0 radical (unpaired) electrons. The third kappa shape index (κ3) is 13.3. The van der Waals surface area contributed by atoms with Crippen LogP contribution in [0, 0.1) is 0 Å². The maximum absolute atomic E-state index is 11.3. The van der Waals surface area contributed by atoms with E-state index < -0.39 is 6.09 Å². The largest absolute Gasteiger partial charge is 2.00 e. The molecule has 0 aromatic carbocycles. The van der Waals surface area contributed by atoms with E-state index in [2.05, 4.69) is 9.99 Å². The van der Waals surface area contributed by atoms with Crippen molar-refractivity contribution in [1.29, 1.82) is 0 Å². The molecule has 4 nitrogen and oxygen atoms in total. The smallest absolute Gasteiger partial charge is 1.00 e. The summed E-state index contributed by atoms with van der Waals surface area (Å²) < 4.78 is 0. The fraction of sp³-hybridized carbons (Fsp3) is 0.778. The summed E-state index contributed by atoms with van der Waals surface area (Å²) in [5.41, 5.74) is 0. The van der Waals surface area contributed by atoms with E-state index in [9.17, 15) is 4.79 Å². The summed E-state index contributed by atoms with van der Waals surface area (Å²) in [6.07, 6.45) is 1.06. The van der Waals surface area contributed by atoms with Gasteiger partial charge in [0, 0.05) is 19.5 Å². The molecule has 17 heavy (non-hydrogen) atoms. The molecule has 98 valence electrons. The van der Waals surface area contributed by atoms with Crippen LogP contribution in [-0.4, -0.2) is 67.0 Å². The topological polar surface area (TPSA) is 41.9 Å². The molecule has 0 fully saturated rings. The average molecular weight is 332 g/mol. The first-order chi connectivity index (χ1) is 6.65. The molecule has 0 bridgehead atoms. The van der Waals surface area contributed by atoms with Gasteiger partial charge < -0.3 is 29.7 Å². The predicted molar refractivity (Wildman–Crippen MR) is 63.4 cm³/mol. The Kier molecular flexibility index (Phi) is 26.7. The summed E-state index contributed by atoms with van der Waals surface area (Å²) >= 11 is 5.67. The second-order valence-corrected chi connectivity index (χ2v) is 3.18. The monoisotopic (exact) mass is 330 g/mol. The van der Waals surface area contributed by atoms with Gasteiger partial charge >= 0.3 is 43.8 Å². The molecule has 8 heteroatoms. The number of nitrogens with zero attached hydrogens (tertiary/aromatic N) is 2. The zero-order valence-electron chi connectivity index (χ0n) is 10.4. The van der Waals surface area contributed by atoms with Gasteiger partial charge in [-0.05, 0) is 20.3 Å². The van der Waals surface area contributed by atoms with Crippen LogP contribution in [0.25, 0.3) is 0 Å². The standard InChI is InChI=1S/C9H17ClN2O2.Ca.2ClH/c1-4-7-8(10)11-14-9(13)12(5-2)6-3;;;/h4-7H2,1-3H3;;2*1H/q;+2;;/p-2/b11-8-;;;. The molecule has 0 aliphatic carbocycles. The Balaban J connectivity index is -0.000000282. The molecule has 0 saturated heterocycles. The minimum absolute atomic E-state index is 0. The molecule has 0 rings (SSSR count). The van der Waals surface area contributed by atoms with Crippen molar-refractivity contribution in [3.63, 3.8) is 0 Å². The Morgan fingerprint density at radius 3 is 2.06 bits per heavy atom. The van der Waals surface area contributed by atoms with Crippen LogP contribution in [0.1, 0.15) is 33.6 Å². The van der Waals surface area contributed by atoms with E-state index in [0.29, 0.717) is 24.7 Å². The van der Waals surface area contributed by atoms with Crippen LogP contribution < -0.4 is 24.8 Å². The van der Waals surface area contributed by atoms with Crippen LogP contribution in [0.5, 0.6) is 0 Å². The van der Waals surface area contributed by atoms with Gasteiger partial charge in [-0.3, -0.25) is 4.84 Å². The normalized spacial score (nSPS) is 9.29. The number of carbonyl (C=O) groups is 1. The fourth-order valence-corrected chi connectivity index (χ4v) is 1.10. The molecule has 0 atom stereocenters. The Hall–Kier alpha value is 1.07. The first kappa shape index (κ1) is 26.6. The molecule has 0 unspecified atom stereocenters. The van der Waals surface area contributed by atoms with Gasteiger partial charge in [-0.25, -0.2) is 4.79 Å². The number of halogens is 3. The molecule has 0 heterocycles. The Bertz CT molecular complexity index is 214. The third-order valence-corrected chi connectivity index (χ3v) is 1.96. The van der Waals surface area contributed by atoms with Gasteiger partial charge in [0.25, 0.3) is 0 Å². The van der Waals surface area contributed by atoms with Gasteiger partial charge in [0.05, 0.1) is 0 Å². The Labute approximate surface area is 150 Å². The molecular formula is C9H17CaCl3N2O2. The second kappa shape index (κ2) is 17.1. The van der Waals surface area contributed by atoms with E-state index in [1.165, 1.54) is 4.90 Å². The molecular weight excluding hydrogens is 315 g/mol. The van der Waals surface area contributed by atoms with Gasteiger partial charge in [-0.2, -0.15) is 0 Å². The summed E-state index contributed by atoms with van der Waals surface area (Å²) in [7, 11) is 0. The maximum atomic E-state index is 11.3. The van der Waals surface area contributed by atoms with Crippen molar-refractivity contribution >= 4 is 60.6 Å². The van der Waals surface area contributed by atoms with Gasteiger partial charge in [-0.1, -0.05) is 23.7 Å². The fourth-order valence-electron chi connectivity index (χ4n) is 0.880. The molecule has 0 aliphatic rings. The second-order valence-electron chi connectivity index (χ2n) is 2.75. The van der Waals surface area contributed by atoms with Crippen molar-refractivity contribution in [2.45, 2.75) is 33.6 Å². The predicted octanol–water partition coefficient (Wildman–Crippen LogP) is -3.56. The minimum atomic E-state index is -0.454. The van der Waals surface area contributed by atoms with Crippen molar-refractivity contribution in [2.75, 3.05) is 13.1 Å². The van der Waals surface area contributed by atoms with Crippen molar-refractivity contribution in [3.8, 4) is 0 Å². The maximum Gasteiger partial charge on any atom is 2.00 e. The summed E-state index contributed by atoms with van der Waals surface area (Å²) in [4.78, 5) is 17.4. The summed E-state index contributed by atoms with van der Waals surface area (Å²) in [5, 5.41) is 3.85. The summed E-state index contributed by atoms with van der Waals surface area (Å²) in [5.74, 6) is 0. The van der Waals surface area contributed by atoms with Crippen LogP contribution in [0.3, 0.4) is 0 Å². The molecule has 1 amide bonds. The number of oxime groups is 1. The van der Waals surface area contributed by atoms with E-state index in [1.54, 1.807) is 0 Å². The van der Waals surface area contributed by atoms with Gasteiger partial charge in [-0.15, -0.1) is 0 Å². The van der Waals surface area contributed by atoms with Gasteiger partial charge in [0.15, 0.2) is 0 Å². The third-order valence-electron chi connectivity index (χ3n) is 1.70. The molecule has 0 spiro atoms. The van der Waals surface area contributed by atoms with Crippen LogP contribution in [0.15, 0.2) is 5.16 Å². The summed E-state index contributed by atoms with van der Waals surface area (Å²) in [6.45, 7) is 6.95. The minimum Gasteiger partial charge on any atom is -1.00 e. The summed E-state index contributed by atoms with van der Waals surface area (Å²) in [6, 6.07) is 0. The molecule has 0 aromatic rings. The quantitative estimate of drug-likeness (QED) is 0.227. The molecule has 0 aromatic heterocycles. The van der Waals surface area contributed by atoms with Gasteiger partial charge in [0.2, 0.25) is 0 Å². The average Bonchev–Trinajstić information content (AvgIpc) is 2.17. The van der Waals surface area contributed by atoms with E-state index >= 15 is 0 Å². The number of amides is 1. The van der Waals surface area contributed by atoms with Crippen molar-refractivity contribution in [1.82, 2.24) is 4.90 Å². The molecule has 0 N–H and O–H groups in total. The number of hydrogen-bond acceptors (Lipinski definition) is 3. The molecule has 0 aliphatic heterocycles. The van der Waals surface area contributed by atoms with E-state index in [-0.39, 0.29) is 62.6 Å². The van der Waals surface area contributed by atoms with Crippen molar-refractivity contribution in [2.24, 2.45) is 5.16 Å². The van der Waals surface area contributed by atoms with E-state index in [4.69, 9.17) is 11.6 Å².